The summed E-state index contributed by atoms with van der Waals surface area (Å²) >= 11 is 11.4. The third-order valence-electron chi connectivity index (χ3n) is 2.22. The highest BCUT2D eigenvalue weighted by atomic mass is 35.5. The normalized spacial score (nSPS) is 10.4. The van der Waals surface area contributed by atoms with E-state index in [1.807, 2.05) is 0 Å². The topological polar surface area (TPSA) is 40.5 Å². The molecule has 0 aliphatic carbocycles. The first-order chi connectivity index (χ1) is 7.58. The summed E-state index contributed by atoms with van der Waals surface area (Å²) in [5, 5.41) is 19.9. The fraction of sp³-hybridized carbons (Fsp3) is 0. The van der Waals surface area contributed by atoms with Crippen LogP contribution < -0.4 is 0 Å². The first kappa shape index (κ1) is 11.1. The molecule has 0 spiro atoms. The number of hydrogen-bond acceptors (Lipinski definition) is 2. The summed E-state index contributed by atoms with van der Waals surface area (Å²) in [6.45, 7) is 0. The SMILES string of the molecule is Oc1cc(-c2ccc(Cl)cc2)c(O)cc1Cl. The highest BCUT2D eigenvalue weighted by molar-refractivity contribution is 6.32. The summed E-state index contributed by atoms with van der Waals surface area (Å²) < 4.78 is 0. The Bertz CT molecular complexity index is 521. The first-order valence-electron chi connectivity index (χ1n) is 4.55. The van der Waals surface area contributed by atoms with Gasteiger partial charge in [0.25, 0.3) is 0 Å². The molecular formula is C12H8Cl2O2. The molecule has 0 aliphatic rings. The molecule has 0 unspecified atom stereocenters. The molecule has 0 amide bonds. The maximum absolute atomic E-state index is 9.71. The largest absolute Gasteiger partial charge is 0.507 e. The number of phenols is 2. The lowest BCUT2D eigenvalue weighted by molar-refractivity contribution is 0.462. The van der Waals surface area contributed by atoms with Gasteiger partial charge in [-0.15, -0.1) is 0 Å². The van der Waals surface area contributed by atoms with Crippen LogP contribution in [0.2, 0.25) is 10.0 Å². The molecular weight excluding hydrogens is 247 g/mol. The third-order valence-corrected chi connectivity index (χ3v) is 2.78. The smallest absolute Gasteiger partial charge is 0.135 e. The number of phenolic OH excluding ortho intramolecular Hbond substituents is 2. The minimum atomic E-state index is -0.0654. The molecule has 2 aromatic carbocycles. The second-order valence-electron chi connectivity index (χ2n) is 3.33. The monoisotopic (exact) mass is 254 g/mol. The number of aromatic hydroxyl groups is 2. The Morgan fingerprint density at radius 2 is 1.44 bits per heavy atom. The van der Waals surface area contributed by atoms with Crippen molar-refractivity contribution in [3.05, 3.63) is 46.4 Å². The van der Waals surface area contributed by atoms with E-state index in [2.05, 4.69) is 0 Å². The summed E-state index contributed by atoms with van der Waals surface area (Å²) in [6.07, 6.45) is 0. The summed E-state index contributed by atoms with van der Waals surface area (Å²) in [5.41, 5.74) is 1.27. The predicted octanol–water partition coefficient (Wildman–Crippen LogP) is 4.07. The number of benzene rings is 2. The van der Waals surface area contributed by atoms with Crippen molar-refractivity contribution in [1.29, 1.82) is 0 Å². The van der Waals surface area contributed by atoms with Crippen LogP contribution >= 0.6 is 23.2 Å². The highest BCUT2D eigenvalue weighted by Gasteiger charge is 2.08. The van der Waals surface area contributed by atoms with Crippen LogP contribution in [0.3, 0.4) is 0 Å². The van der Waals surface area contributed by atoms with Gasteiger partial charge in [-0.3, -0.25) is 0 Å². The van der Waals surface area contributed by atoms with Gasteiger partial charge in [-0.2, -0.15) is 0 Å². The van der Waals surface area contributed by atoms with Crippen molar-refractivity contribution in [2.24, 2.45) is 0 Å². The highest BCUT2D eigenvalue weighted by Crippen LogP contribution is 2.37. The Hall–Kier alpha value is -1.38. The Morgan fingerprint density at radius 1 is 0.812 bits per heavy atom. The Morgan fingerprint density at radius 3 is 2.06 bits per heavy atom. The van der Waals surface area contributed by atoms with Crippen molar-refractivity contribution in [3.8, 4) is 22.6 Å². The molecule has 0 saturated carbocycles. The maximum atomic E-state index is 9.71. The molecule has 0 atom stereocenters. The summed E-state index contributed by atoms with van der Waals surface area (Å²) in [5.74, 6) is -0.0467. The summed E-state index contributed by atoms with van der Waals surface area (Å²) in [4.78, 5) is 0. The fourth-order valence-corrected chi connectivity index (χ4v) is 1.70. The first-order valence-corrected chi connectivity index (χ1v) is 5.31. The zero-order valence-corrected chi connectivity index (χ0v) is 9.63. The van der Waals surface area contributed by atoms with Crippen molar-refractivity contribution in [2.75, 3.05) is 0 Å². The number of rotatable bonds is 1. The van der Waals surface area contributed by atoms with E-state index in [1.54, 1.807) is 24.3 Å². The van der Waals surface area contributed by atoms with Crippen LogP contribution in [-0.2, 0) is 0 Å². The lowest BCUT2D eigenvalue weighted by Crippen LogP contribution is -1.80. The second kappa shape index (κ2) is 4.24. The molecule has 0 bridgehead atoms. The predicted molar refractivity (Wildman–Crippen MR) is 65.2 cm³/mol. The molecule has 2 N–H and O–H groups in total. The van der Waals surface area contributed by atoms with Crippen molar-refractivity contribution < 1.29 is 10.2 Å². The molecule has 0 aliphatic heterocycles. The van der Waals surface area contributed by atoms with Crippen molar-refractivity contribution in [1.82, 2.24) is 0 Å². The van der Waals surface area contributed by atoms with Crippen LogP contribution in [0.5, 0.6) is 11.5 Å². The van der Waals surface area contributed by atoms with Gasteiger partial charge in [0, 0.05) is 16.7 Å². The van der Waals surface area contributed by atoms with Gasteiger partial charge >= 0.3 is 0 Å². The quantitative estimate of drug-likeness (QED) is 0.754. The van der Waals surface area contributed by atoms with Gasteiger partial charge in [0.05, 0.1) is 5.02 Å². The van der Waals surface area contributed by atoms with E-state index in [0.29, 0.717) is 10.6 Å². The lowest BCUT2D eigenvalue weighted by Gasteiger charge is -2.06. The van der Waals surface area contributed by atoms with Gasteiger partial charge in [0.1, 0.15) is 11.5 Å². The van der Waals surface area contributed by atoms with E-state index in [9.17, 15) is 10.2 Å². The second-order valence-corrected chi connectivity index (χ2v) is 4.17. The van der Waals surface area contributed by atoms with Gasteiger partial charge in [-0.25, -0.2) is 0 Å². The van der Waals surface area contributed by atoms with E-state index in [-0.39, 0.29) is 16.5 Å². The molecule has 4 heteroatoms. The lowest BCUT2D eigenvalue weighted by atomic mass is 10.0. The van der Waals surface area contributed by atoms with Crippen LogP contribution in [0.4, 0.5) is 0 Å². The molecule has 2 aromatic rings. The number of halogens is 2. The molecule has 0 aromatic heterocycles. The van der Waals surface area contributed by atoms with Crippen LogP contribution in [0.25, 0.3) is 11.1 Å². The Labute approximate surface area is 103 Å². The van der Waals surface area contributed by atoms with Gasteiger partial charge in [0.2, 0.25) is 0 Å². The van der Waals surface area contributed by atoms with Gasteiger partial charge in [0.15, 0.2) is 0 Å². The van der Waals surface area contributed by atoms with Crippen LogP contribution in [0.15, 0.2) is 36.4 Å². The van der Waals surface area contributed by atoms with E-state index in [0.717, 1.165) is 5.56 Å². The average molecular weight is 255 g/mol. The summed E-state index contributed by atoms with van der Waals surface area (Å²) in [6, 6.07) is 9.65. The molecule has 0 saturated heterocycles. The molecule has 0 heterocycles. The van der Waals surface area contributed by atoms with Crippen molar-refractivity contribution >= 4 is 23.2 Å². The van der Waals surface area contributed by atoms with E-state index >= 15 is 0 Å². The maximum Gasteiger partial charge on any atom is 0.135 e. The minimum Gasteiger partial charge on any atom is -0.507 e. The molecule has 82 valence electrons. The molecule has 0 fully saturated rings. The Kier molecular flexibility index (Phi) is 2.95. The van der Waals surface area contributed by atoms with Crippen LogP contribution in [0, 0.1) is 0 Å². The van der Waals surface area contributed by atoms with Crippen molar-refractivity contribution in [3.63, 3.8) is 0 Å². The van der Waals surface area contributed by atoms with Crippen molar-refractivity contribution in [2.45, 2.75) is 0 Å². The Balaban J connectivity index is 2.56. The minimum absolute atomic E-state index is 0.0186. The summed E-state index contributed by atoms with van der Waals surface area (Å²) in [7, 11) is 0. The fourth-order valence-electron chi connectivity index (χ4n) is 1.41. The molecule has 2 nitrogen and oxygen atoms in total. The van der Waals surface area contributed by atoms with E-state index in [4.69, 9.17) is 23.2 Å². The zero-order valence-electron chi connectivity index (χ0n) is 8.11. The van der Waals surface area contributed by atoms with Crippen LogP contribution in [-0.4, -0.2) is 10.2 Å². The number of hydrogen-bond donors (Lipinski definition) is 2. The van der Waals surface area contributed by atoms with Gasteiger partial charge in [-0.05, 0) is 23.8 Å². The van der Waals surface area contributed by atoms with E-state index < -0.39 is 0 Å². The van der Waals surface area contributed by atoms with Crippen LogP contribution in [0.1, 0.15) is 0 Å². The van der Waals surface area contributed by atoms with Gasteiger partial charge < -0.3 is 10.2 Å². The third kappa shape index (κ3) is 2.08. The van der Waals surface area contributed by atoms with Gasteiger partial charge in [-0.1, -0.05) is 35.3 Å². The average Bonchev–Trinajstić information content (AvgIpc) is 2.25. The van der Waals surface area contributed by atoms with E-state index in [1.165, 1.54) is 12.1 Å². The molecule has 16 heavy (non-hydrogen) atoms. The molecule has 2 rings (SSSR count). The molecule has 0 radical (unpaired) electrons. The zero-order chi connectivity index (χ0) is 11.7. The standard InChI is InChI=1S/C12H8Cl2O2/c13-8-3-1-7(2-4-8)9-5-12(16)10(14)6-11(9)15/h1-6,15-16H.